The second-order valence-electron chi connectivity index (χ2n) is 9.73. The van der Waals surface area contributed by atoms with Crippen molar-refractivity contribution < 1.29 is 28.5 Å². The summed E-state index contributed by atoms with van der Waals surface area (Å²) in [5.41, 5.74) is 2.93. The molecular weight excluding hydrogens is 695 g/mol. The fourth-order valence-corrected chi connectivity index (χ4v) is 6.80. The third-order valence-electron chi connectivity index (χ3n) is 7.02. The minimum Gasteiger partial charge on any atom is -0.493 e. The second kappa shape index (κ2) is 13.7. The van der Waals surface area contributed by atoms with Gasteiger partial charge in [-0.2, -0.15) is 0 Å². The Hall–Kier alpha value is -4.10. The predicted octanol–water partition coefficient (Wildman–Crippen LogP) is 5.01. The zero-order valence-corrected chi connectivity index (χ0v) is 27.9. The lowest BCUT2D eigenvalue weighted by atomic mass is 9.95. The van der Waals surface area contributed by atoms with Gasteiger partial charge in [0, 0.05) is 0 Å². The molecule has 1 aliphatic rings. The number of rotatable bonds is 10. The van der Waals surface area contributed by atoms with Crippen LogP contribution in [-0.2, 0) is 16.1 Å². The van der Waals surface area contributed by atoms with Crippen molar-refractivity contribution in [3.63, 3.8) is 0 Å². The Morgan fingerprint density at radius 1 is 1.00 bits per heavy atom. The van der Waals surface area contributed by atoms with Gasteiger partial charge >= 0.3 is 5.97 Å². The molecule has 1 atom stereocenters. The van der Waals surface area contributed by atoms with Crippen molar-refractivity contribution in [2.45, 2.75) is 26.5 Å². The van der Waals surface area contributed by atoms with Gasteiger partial charge in [-0.25, -0.2) is 9.79 Å². The number of methoxy groups -OCH3 is 3. The Labute approximate surface area is 272 Å². The van der Waals surface area contributed by atoms with Crippen molar-refractivity contribution in [2.75, 3.05) is 27.9 Å². The molecule has 0 saturated carbocycles. The lowest BCUT2D eigenvalue weighted by Crippen LogP contribution is -2.40. The molecule has 0 spiro atoms. The van der Waals surface area contributed by atoms with E-state index in [1.54, 1.807) is 46.3 Å². The number of hydrogen-bond acceptors (Lipinski definition) is 9. The van der Waals surface area contributed by atoms with Crippen LogP contribution in [0, 0.1) is 3.57 Å². The van der Waals surface area contributed by atoms with Crippen LogP contribution in [0.5, 0.6) is 23.0 Å². The van der Waals surface area contributed by atoms with E-state index in [0.29, 0.717) is 50.2 Å². The van der Waals surface area contributed by atoms with Gasteiger partial charge in [-0.05, 0) is 83.5 Å². The van der Waals surface area contributed by atoms with Crippen LogP contribution in [0.1, 0.15) is 36.6 Å². The molecule has 1 unspecified atom stereocenters. The van der Waals surface area contributed by atoms with Gasteiger partial charge in [0.05, 0.1) is 53.4 Å². The Kier molecular flexibility index (Phi) is 9.74. The van der Waals surface area contributed by atoms with E-state index in [0.717, 1.165) is 14.7 Å². The van der Waals surface area contributed by atoms with Gasteiger partial charge in [0.25, 0.3) is 5.56 Å². The molecule has 4 aromatic rings. The van der Waals surface area contributed by atoms with Gasteiger partial charge in [-0.15, -0.1) is 0 Å². The zero-order valence-electron chi connectivity index (χ0n) is 24.9. The predicted molar refractivity (Wildman–Crippen MR) is 176 cm³/mol. The van der Waals surface area contributed by atoms with Crippen LogP contribution in [0.2, 0.25) is 0 Å². The van der Waals surface area contributed by atoms with Crippen LogP contribution in [0.3, 0.4) is 0 Å². The molecule has 0 bridgehead atoms. The minimum atomic E-state index is -0.782. The Balaban J connectivity index is 1.61. The maximum atomic E-state index is 14.1. The Morgan fingerprint density at radius 2 is 1.73 bits per heavy atom. The number of carbonyl (C=O) groups excluding carboxylic acids is 1. The van der Waals surface area contributed by atoms with Crippen molar-refractivity contribution >= 4 is 46.0 Å². The third kappa shape index (κ3) is 6.25. The van der Waals surface area contributed by atoms with Crippen LogP contribution in [0.25, 0.3) is 6.08 Å². The van der Waals surface area contributed by atoms with Crippen molar-refractivity contribution in [1.29, 1.82) is 0 Å². The van der Waals surface area contributed by atoms with E-state index in [-0.39, 0.29) is 17.7 Å². The topological polar surface area (TPSA) is 97.6 Å². The molecule has 9 nitrogen and oxygen atoms in total. The standard InChI is InChI=1S/C33H31IN2O7S/c1-6-42-32(38)28-19(2)35-33-36(29(28)22-12-13-24(39-3)25(17-22)40-4)31(37)27(44-33)16-21-14-23(34)30(26(15-21)41-5)43-18-20-10-8-7-9-11-20/h7-17,29H,6,18H2,1-5H3/b27-16-. The number of thiazole rings is 1. The molecular formula is C33H31IN2O7S. The molecule has 0 N–H and O–H groups in total. The molecule has 44 heavy (non-hydrogen) atoms. The van der Waals surface area contributed by atoms with Gasteiger partial charge in [-0.1, -0.05) is 47.7 Å². The lowest BCUT2D eigenvalue weighted by Gasteiger charge is -2.25. The summed E-state index contributed by atoms with van der Waals surface area (Å²) >= 11 is 3.45. The molecule has 0 radical (unpaired) electrons. The molecule has 2 heterocycles. The number of ether oxygens (including phenoxy) is 5. The van der Waals surface area contributed by atoms with E-state index in [4.69, 9.17) is 23.7 Å². The summed E-state index contributed by atoms with van der Waals surface area (Å²) in [6.45, 7) is 4.06. The molecule has 5 rings (SSSR count). The van der Waals surface area contributed by atoms with Crippen LogP contribution >= 0.6 is 33.9 Å². The highest BCUT2D eigenvalue weighted by atomic mass is 127. The van der Waals surface area contributed by atoms with Gasteiger partial charge in [0.2, 0.25) is 0 Å². The average molecular weight is 727 g/mol. The molecule has 0 aliphatic carbocycles. The summed E-state index contributed by atoms with van der Waals surface area (Å²) in [5.74, 6) is 1.64. The van der Waals surface area contributed by atoms with E-state index in [9.17, 15) is 9.59 Å². The highest BCUT2D eigenvalue weighted by molar-refractivity contribution is 14.1. The van der Waals surface area contributed by atoms with Crippen molar-refractivity contribution in [3.05, 3.63) is 112 Å². The first-order valence-corrected chi connectivity index (χ1v) is 15.6. The number of allylic oxidation sites excluding steroid dienone is 1. The zero-order chi connectivity index (χ0) is 31.4. The smallest absolute Gasteiger partial charge is 0.338 e. The lowest BCUT2D eigenvalue weighted by molar-refractivity contribution is -0.139. The second-order valence-corrected chi connectivity index (χ2v) is 11.9. The minimum absolute atomic E-state index is 0.185. The number of benzene rings is 3. The van der Waals surface area contributed by atoms with Crippen LogP contribution < -0.4 is 33.8 Å². The molecule has 1 aliphatic heterocycles. The monoisotopic (exact) mass is 726 g/mol. The van der Waals surface area contributed by atoms with Crippen LogP contribution in [0.4, 0.5) is 0 Å². The summed E-state index contributed by atoms with van der Waals surface area (Å²) in [5, 5.41) is 0. The molecule has 228 valence electrons. The Morgan fingerprint density at radius 3 is 2.41 bits per heavy atom. The Bertz CT molecular complexity index is 1910. The first-order valence-electron chi connectivity index (χ1n) is 13.7. The van der Waals surface area contributed by atoms with E-state index in [1.165, 1.54) is 23.0 Å². The van der Waals surface area contributed by atoms with Crippen LogP contribution in [-0.4, -0.2) is 38.5 Å². The fraction of sp³-hybridized carbons (Fsp3) is 0.242. The molecule has 1 aromatic heterocycles. The van der Waals surface area contributed by atoms with E-state index in [2.05, 4.69) is 27.6 Å². The molecule has 11 heteroatoms. The highest BCUT2D eigenvalue weighted by Crippen LogP contribution is 2.37. The number of nitrogens with zero attached hydrogens (tertiary/aromatic N) is 2. The molecule has 0 saturated heterocycles. The van der Waals surface area contributed by atoms with E-state index < -0.39 is 12.0 Å². The van der Waals surface area contributed by atoms with Crippen molar-refractivity contribution in [2.24, 2.45) is 4.99 Å². The normalized spacial score (nSPS) is 14.5. The number of hydrogen-bond donors (Lipinski definition) is 0. The van der Waals surface area contributed by atoms with E-state index >= 15 is 0 Å². The fourth-order valence-electron chi connectivity index (χ4n) is 4.97. The number of halogens is 1. The first-order chi connectivity index (χ1) is 21.3. The van der Waals surface area contributed by atoms with E-state index in [1.807, 2.05) is 48.5 Å². The first kappa shape index (κ1) is 31.3. The molecule has 0 fully saturated rings. The number of fused-ring (bicyclic) bond motifs is 1. The molecule has 3 aromatic carbocycles. The molecule has 0 amide bonds. The largest absolute Gasteiger partial charge is 0.493 e. The van der Waals surface area contributed by atoms with Gasteiger partial charge in [0.1, 0.15) is 6.61 Å². The van der Waals surface area contributed by atoms with Gasteiger partial charge < -0.3 is 23.7 Å². The number of aromatic nitrogens is 1. The maximum Gasteiger partial charge on any atom is 0.338 e. The summed E-state index contributed by atoms with van der Waals surface area (Å²) < 4.78 is 30.9. The van der Waals surface area contributed by atoms with Gasteiger partial charge in [0.15, 0.2) is 27.8 Å². The summed E-state index contributed by atoms with van der Waals surface area (Å²) in [4.78, 5) is 32.4. The quantitative estimate of drug-likeness (QED) is 0.168. The highest BCUT2D eigenvalue weighted by Gasteiger charge is 2.34. The summed E-state index contributed by atoms with van der Waals surface area (Å²) in [6.07, 6.45) is 1.80. The number of carbonyl (C=O) groups is 1. The van der Waals surface area contributed by atoms with Crippen molar-refractivity contribution in [1.82, 2.24) is 4.57 Å². The van der Waals surface area contributed by atoms with Crippen molar-refractivity contribution in [3.8, 4) is 23.0 Å². The van der Waals surface area contributed by atoms with Crippen LogP contribution in [0.15, 0.2) is 81.7 Å². The number of esters is 1. The average Bonchev–Trinajstić information content (AvgIpc) is 3.33. The summed E-state index contributed by atoms with van der Waals surface area (Å²) in [6, 6.07) is 18.2. The van der Waals surface area contributed by atoms with Gasteiger partial charge in [-0.3, -0.25) is 9.36 Å². The maximum absolute atomic E-state index is 14.1. The SMILES string of the molecule is CCOC(=O)C1=C(C)N=c2s/c(=C\c3cc(I)c(OCc4ccccc4)c(OC)c3)c(=O)n2C1c1ccc(OC)c(OC)c1. The summed E-state index contributed by atoms with van der Waals surface area (Å²) in [7, 11) is 4.67. The third-order valence-corrected chi connectivity index (χ3v) is 8.80.